The largest absolute Gasteiger partial charge is 0.448 e. The molecule has 10 nitrogen and oxygen atoms in total. The molecule has 0 radical (unpaired) electrons. The van der Waals surface area contributed by atoms with Gasteiger partial charge in [-0.3, -0.25) is 14.5 Å². The quantitative estimate of drug-likeness (QED) is 0.0282. The summed E-state index contributed by atoms with van der Waals surface area (Å²) in [5, 5.41) is 6.81. The molecule has 290 valence electrons. The lowest BCUT2D eigenvalue weighted by molar-refractivity contribution is -0.154. The fourth-order valence-corrected chi connectivity index (χ4v) is 9.55. The molecule has 3 heterocycles. The number of benzene rings is 5. The van der Waals surface area contributed by atoms with E-state index in [9.17, 15) is 14.4 Å². The summed E-state index contributed by atoms with van der Waals surface area (Å²) in [6.45, 7) is 0. The van der Waals surface area contributed by atoms with E-state index < -0.39 is 40.9 Å². The molecular weight excluding hydrogens is 810 g/mol. The third kappa shape index (κ3) is 7.49. The minimum absolute atomic E-state index is 0.0145. The van der Waals surface area contributed by atoms with Crippen molar-refractivity contribution >= 4 is 76.0 Å². The molecule has 0 spiro atoms. The number of oxime groups is 1. The fraction of sp³-hybridized carbons (Fsp3) is 0.114. The van der Waals surface area contributed by atoms with Gasteiger partial charge in [-0.05, 0) is 11.1 Å². The normalized spacial score (nSPS) is 16.7. The smallest absolute Gasteiger partial charge is 0.356 e. The minimum atomic E-state index is -1.34. The van der Waals surface area contributed by atoms with E-state index in [0.29, 0.717) is 10.7 Å². The van der Waals surface area contributed by atoms with E-state index in [1.165, 1.54) is 16.7 Å². The van der Waals surface area contributed by atoms with Gasteiger partial charge < -0.3 is 20.6 Å². The number of anilines is 1. The number of thioether (sulfide) groups is 1. The Bertz CT molecular complexity index is 2370. The first-order valence-electron chi connectivity index (χ1n) is 18.1. The number of hydrogen-bond donors (Lipinski definition) is 3. The predicted octanol–water partition coefficient (Wildman–Crippen LogP) is 7.97. The standard InChI is InChI=1S/C44H34ClN5O5S3/c45-38-33(48-43(46)58-38)34(49-55-44(29-20-10-3-11-21-29,30-22-12-4-13-23-30)31-24-14-5-15-25-31)39(51)47-35-40(52)50-36(32(56)26-57-41(35)50)42(53)54-37(27-16-6-1-7-17-27)28-18-8-2-9-19-28/h1-25,35,37,41,56H,26H2,(H2,46,48)(H,47,51)/b49-34+/t35-,41-/m1/s1. The molecule has 58 heavy (non-hydrogen) atoms. The molecule has 8 rings (SSSR count). The van der Waals surface area contributed by atoms with Crippen molar-refractivity contribution in [2.24, 2.45) is 5.16 Å². The van der Waals surface area contributed by atoms with E-state index >= 15 is 0 Å². The third-order valence-corrected chi connectivity index (χ3v) is 12.7. The number of ether oxygens (including phenoxy) is 1. The maximum atomic E-state index is 14.4. The van der Waals surface area contributed by atoms with Crippen LogP contribution in [0.4, 0.5) is 5.13 Å². The van der Waals surface area contributed by atoms with Crippen molar-refractivity contribution in [2.45, 2.75) is 23.1 Å². The van der Waals surface area contributed by atoms with Gasteiger partial charge in [-0.15, -0.1) is 24.4 Å². The Kier molecular flexibility index (Phi) is 11.4. The van der Waals surface area contributed by atoms with Crippen LogP contribution >= 0.6 is 47.3 Å². The van der Waals surface area contributed by atoms with Gasteiger partial charge in [0.25, 0.3) is 11.8 Å². The molecule has 0 aliphatic carbocycles. The summed E-state index contributed by atoms with van der Waals surface area (Å²) in [6.07, 6.45) is -0.743. The van der Waals surface area contributed by atoms with Gasteiger partial charge in [0.15, 0.2) is 16.9 Å². The predicted molar refractivity (Wildman–Crippen MR) is 230 cm³/mol. The van der Waals surface area contributed by atoms with Gasteiger partial charge in [-0.2, -0.15) is 0 Å². The number of aromatic nitrogens is 1. The number of nitrogens with one attached hydrogen (secondary N) is 1. The number of amides is 2. The van der Waals surface area contributed by atoms with Crippen molar-refractivity contribution in [1.82, 2.24) is 15.2 Å². The number of thiol groups is 1. The number of nitrogens with zero attached hydrogens (tertiary/aromatic N) is 3. The average molecular weight is 844 g/mol. The summed E-state index contributed by atoms with van der Waals surface area (Å²) in [7, 11) is 0. The molecule has 0 saturated carbocycles. The van der Waals surface area contributed by atoms with Gasteiger partial charge in [0.2, 0.25) is 5.60 Å². The lowest BCUT2D eigenvalue weighted by Crippen LogP contribution is -2.71. The van der Waals surface area contributed by atoms with E-state index in [0.717, 1.165) is 39.2 Å². The maximum absolute atomic E-state index is 14.4. The average Bonchev–Trinajstić information content (AvgIpc) is 3.61. The number of carbonyl (C=O) groups excluding carboxylic acids is 3. The van der Waals surface area contributed by atoms with E-state index in [-0.39, 0.29) is 26.6 Å². The van der Waals surface area contributed by atoms with E-state index in [4.69, 9.17) is 26.9 Å². The summed E-state index contributed by atoms with van der Waals surface area (Å²) >= 11 is 13.6. The third-order valence-electron chi connectivity index (χ3n) is 9.71. The summed E-state index contributed by atoms with van der Waals surface area (Å²) in [6, 6.07) is 46.2. The van der Waals surface area contributed by atoms with Crippen molar-refractivity contribution in [2.75, 3.05) is 11.5 Å². The van der Waals surface area contributed by atoms with Crippen LogP contribution in [-0.4, -0.2) is 50.5 Å². The van der Waals surface area contributed by atoms with Gasteiger partial charge in [-0.1, -0.05) is 180 Å². The molecule has 6 aromatic rings. The first kappa shape index (κ1) is 39.0. The van der Waals surface area contributed by atoms with Crippen molar-refractivity contribution in [3.63, 3.8) is 0 Å². The zero-order valence-electron chi connectivity index (χ0n) is 30.5. The van der Waals surface area contributed by atoms with Crippen LogP contribution in [-0.2, 0) is 29.6 Å². The first-order valence-corrected chi connectivity index (χ1v) is 20.8. The number of fused-ring (bicyclic) bond motifs is 1. The van der Waals surface area contributed by atoms with Crippen molar-refractivity contribution in [1.29, 1.82) is 0 Å². The lowest BCUT2D eigenvalue weighted by Gasteiger charge is -2.49. The molecular formula is C44H34ClN5O5S3. The van der Waals surface area contributed by atoms with Gasteiger partial charge in [-0.25, -0.2) is 9.78 Å². The summed E-state index contributed by atoms with van der Waals surface area (Å²) in [5.74, 6) is -1.74. The second-order valence-electron chi connectivity index (χ2n) is 13.2. The first-order chi connectivity index (χ1) is 28.3. The summed E-state index contributed by atoms with van der Waals surface area (Å²) in [4.78, 5) is 55.1. The minimum Gasteiger partial charge on any atom is -0.448 e. The topological polar surface area (TPSA) is 136 Å². The van der Waals surface area contributed by atoms with Crippen molar-refractivity contribution in [3.05, 3.63) is 200 Å². The van der Waals surface area contributed by atoms with Crippen LogP contribution in [0.25, 0.3) is 0 Å². The van der Waals surface area contributed by atoms with Gasteiger partial charge in [0, 0.05) is 27.3 Å². The van der Waals surface area contributed by atoms with Gasteiger partial charge in [0.05, 0.1) is 0 Å². The lowest BCUT2D eigenvalue weighted by atomic mass is 9.80. The molecule has 14 heteroatoms. The van der Waals surface area contributed by atoms with Crippen LogP contribution in [0, 0.1) is 0 Å². The van der Waals surface area contributed by atoms with E-state index in [1.807, 2.05) is 152 Å². The molecule has 0 unspecified atom stereocenters. The maximum Gasteiger partial charge on any atom is 0.356 e. The molecule has 1 fully saturated rings. The highest BCUT2D eigenvalue weighted by molar-refractivity contribution is 8.01. The molecule has 5 aromatic carbocycles. The summed E-state index contributed by atoms with van der Waals surface area (Å²) < 4.78 is 6.23. The number of rotatable bonds is 12. The van der Waals surface area contributed by atoms with Crippen LogP contribution in [0.15, 0.2) is 167 Å². The number of carbonyl (C=O) groups is 3. The zero-order chi connectivity index (χ0) is 40.2. The zero-order valence-corrected chi connectivity index (χ0v) is 33.8. The molecule has 2 aliphatic rings. The van der Waals surface area contributed by atoms with Crippen LogP contribution in [0.2, 0.25) is 4.34 Å². The monoisotopic (exact) mass is 843 g/mol. The van der Waals surface area contributed by atoms with Gasteiger partial charge in [0.1, 0.15) is 27.1 Å². The molecule has 2 atom stereocenters. The van der Waals surface area contributed by atoms with Crippen molar-refractivity contribution in [3.8, 4) is 0 Å². The number of halogens is 1. The molecule has 3 N–H and O–H groups in total. The number of β-lactam (4-membered cyclic amide) rings is 1. The highest BCUT2D eigenvalue weighted by Crippen LogP contribution is 2.44. The Morgan fingerprint density at radius 3 is 1.78 bits per heavy atom. The molecule has 2 aliphatic heterocycles. The number of nitrogens with two attached hydrogens (primary N) is 1. The molecule has 1 saturated heterocycles. The number of nitrogen functional groups attached to an aromatic ring is 1. The fourth-order valence-electron chi connectivity index (χ4n) is 7.00. The number of esters is 1. The Labute approximate surface area is 353 Å². The highest BCUT2D eigenvalue weighted by Gasteiger charge is 2.55. The Morgan fingerprint density at radius 1 is 0.828 bits per heavy atom. The van der Waals surface area contributed by atoms with Gasteiger partial charge >= 0.3 is 5.97 Å². The van der Waals surface area contributed by atoms with Crippen LogP contribution in [0.5, 0.6) is 0 Å². The number of hydrogen-bond acceptors (Lipinski definition) is 11. The van der Waals surface area contributed by atoms with E-state index in [2.05, 4.69) is 28.1 Å². The Hall–Kier alpha value is -5.86. The second-order valence-corrected chi connectivity index (χ2v) is 16.5. The van der Waals surface area contributed by atoms with Crippen LogP contribution in [0.3, 0.4) is 0 Å². The van der Waals surface area contributed by atoms with Crippen LogP contribution < -0.4 is 11.1 Å². The molecule has 1 aromatic heterocycles. The Morgan fingerprint density at radius 2 is 1.31 bits per heavy atom. The number of thiazole rings is 1. The molecule has 2 amide bonds. The second kappa shape index (κ2) is 16.9. The summed E-state index contributed by atoms with van der Waals surface area (Å²) in [5.41, 5.74) is 8.15. The van der Waals surface area contributed by atoms with Crippen LogP contribution in [0.1, 0.15) is 39.6 Å². The Balaban J connectivity index is 1.11. The SMILES string of the molecule is Nc1nc(/C(=N\OC(c2ccccc2)(c2ccccc2)c2ccccc2)C(=O)N[C@@H]2C(=O)N3C(C(=O)OC(c4ccccc4)c4ccccc4)=C(S)CS[C@H]23)c(Cl)s1. The van der Waals surface area contributed by atoms with Crippen molar-refractivity contribution < 1.29 is 24.0 Å². The highest BCUT2D eigenvalue weighted by atomic mass is 35.5. The van der Waals surface area contributed by atoms with E-state index in [1.54, 1.807) is 0 Å². The molecule has 0 bridgehead atoms.